The summed E-state index contributed by atoms with van der Waals surface area (Å²) < 4.78 is 14.3. The summed E-state index contributed by atoms with van der Waals surface area (Å²) in [5.74, 6) is 1.62. The van der Waals surface area contributed by atoms with Gasteiger partial charge in [0.15, 0.2) is 5.78 Å². The summed E-state index contributed by atoms with van der Waals surface area (Å²) in [6.07, 6.45) is 0. The Kier molecular flexibility index (Phi) is 8.56. The molecular formula is C19H16N2O3S4. The van der Waals surface area contributed by atoms with Crippen LogP contribution in [-0.2, 0) is 0 Å². The van der Waals surface area contributed by atoms with E-state index in [1.165, 1.54) is 16.0 Å². The number of para-hydroxylation sites is 1. The van der Waals surface area contributed by atoms with E-state index in [0.717, 1.165) is 21.5 Å². The van der Waals surface area contributed by atoms with E-state index >= 15 is 0 Å². The molecule has 5 nitrogen and oxygen atoms in total. The molecule has 2 heterocycles. The lowest BCUT2D eigenvalue weighted by atomic mass is 10.1. The molecule has 0 spiro atoms. The monoisotopic (exact) mass is 448 g/mol. The number of benzene rings is 2. The van der Waals surface area contributed by atoms with Gasteiger partial charge < -0.3 is 9.47 Å². The number of hydrogen-bond acceptors (Lipinski definition) is 9. The first kappa shape index (κ1) is 22.0. The van der Waals surface area contributed by atoms with Gasteiger partial charge in [-0.05, 0) is 55.6 Å². The Morgan fingerprint density at radius 1 is 0.964 bits per heavy atom. The number of thiocarbonyl (C=S) groups is 2. The first-order valence-electron chi connectivity index (χ1n) is 7.84. The number of thiazole rings is 2. The van der Waals surface area contributed by atoms with E-state index in [-0.39, 0.29) is 5.78 Å². The first-order valence-corrected chi connectivity index (χ1v) is 10.4. The van der Waals surface area contributed by atoms with E-state index in [9.17, 15) is 4.79 Å². The van der Waals surface area contributed by atoms with Gasteiger partial charge in [-0.3, -0.25) is 4.79 Å². The molecule has 0 atom stereocenters. The molecule has 0 saturated carbocycles. The van der Waals surface area contributed by atoms with E-state index in [4.69, 9.17) is 9.47 Å². The highest BCUT2D eigenvalue weighted by Crippen LogP contribution is 2.30. The highest BCUT2D eigenvalue weighted by molar-refractivity contribution is 7.93. The van der Waals surface area contributed by atoms with Crippen LogP contribution in [0.25, 0.3) is 20.4 Å². The number of carbonyl (C=O) groups is 1. The molecule has 0 aliphatic carbocycles. The third-order valence-electron chi connectivity index (χ3n) is 3.59. The number of fused-ring (bicyclic) bond motifs is 2. The Morgan fingerprint density at radius 3 is 2.21 bits per heavy atom. The van der Waals surface area contributed by atoms with Crippen LogP contribution in [0.15, 0.2) is 41.4 Å². The molecule has 144 valence electrons. The minimum Gasteiger partial charge on any atom is -0.494 e. The van der Waals surface area contributed by atoms with Crippen LogP contribution in [0.5, 0.6) is 11.5 Å². The Bertz CT molecular complexity index is 1110. The van der Waals surface area contributed by atoms with Gasteiger partial charge in [-0.1, -0.05) is 6.07 Å². The molecule has 2 aromatic carbocycles. The SMILES string of the molecule is COc1ccc(C(C)=O)c2scnc12.COc1cccc2scnc12.S=C=S. The second-order valence-electron chi connectivity index (χ2n) is 5.14. The van der Waals surface area contributed by atoms with Gasteiger partial charge in [0, 0.05) is 9.88 Å². The molecule has 28 heavy (non-hydrogen) atoms. The molecular weight excluding hydrogens is 432 g/mol. The lowest BCUT2D eigenvalue weighted by Crippen LogP contribution is -1.93. The normalized spacial score (nSPS) is 9.54. The third kappa shape index (κ3) is 5.15. The summed E-state index contributed by atoms with van der Waals surface area (Å²) in [6, 6.07) is 9.48. The van der Waals surface area contributed by atoms with Crippen LogP contribution in [0.3, 0.4) is 0 Å². The quantitative estimate of drug-likeness (QED) is 0.289. The maximum Gasteiger partial charge on any atom is 0.161 e. The molecule has 4 aromatic rings. The molecule has 0 bridgehead atoms. The zero-order chi connectivity index (χ0) is 20.5. The third-order valence-corrected chi connectivity index (χ3v) is 5.24. The van der Waals surface area contributed by atoms with E-state index in [0.29, 0.717) is 11.3 Å². The van der Waals surface area contributed by atoms with Crippen molar-refractivity contribution in [2.24, 2.45) is 0 Å². The van der Waals surface area contributed by atoms with Crippen LogP contribution in [0.1, 0.15) is 17.3 Å². The minimum atomic E-state index is 0.0573. The summed E-state index contributed by atoms with van der Waals surface area (Å²) in [7, 11) is 3.26. The lowest BCUT2D eigenvalue weighted by Gasteiger charge is -2.02. The fourth-order valence-electron chi connectivity index (χ4n) is 2.39. The number of ether oxygens (including phenoxy) is 2. The fourth-order valence-corrected chi connectivity index (χ4v) is 3.95. The summed E-state index contributed by atoms with van der Waals surface area (Å²) in [5, 5.41) is 0. The number of ketones is 1. The molecule has 0 radical (unpaired) electrons. The molecule has 0 aliphatic rings. The van der Waals surface area contributed by atoms with Crippen molar-refractivity contribution >= 4 is 77.6 Å². The number of rotatable bonds is 3. The summed E-state index contributed by atoms with van der Waals surface area (Å²) in [5.41, 5.74) is 5.99. The Hall–Kier alpha value is -2.29. The second-order valence-corrected chi connectivity index (χ2v) is 7.55. The number of carbonyl (C=O) groups excluding carboxylic acids is 1. The molecule has 2 aromatic heterocycles. The summed E-state index contributed by atoms with van der Waals surface area (Å²) in [6.45, 7) is 1.56. The second kappa shape index (κ2) is 10.9. The highest BCUT2D eigenvalue weighted by Gasteiger charge is 2.11. The highest BCUT2D eigenvalue weighted by atomic mass is 32.1. The number of Topliss-reactive ketones (excluding diaryl/α,β-unsaturated/α-hetero) is 1. The number of methoxy groups -OCH3 is 2. The Labute approximate surface area is 181 Å². The number of nitrogens with zero attached hydrogens (tertiary/aromatic N) is 2. The van der Waals surface area contributed by atoms with Gasteiger partial charge in [0.1, 0.15) is 22.5 Å². The predicted octanol–water partition coefficient (Wildman–Crippen LogP) is 5.83. The van der Waals surface area contributed by atoms with Crippen LogP contribution in [0, 0.1) is 0 Å². The zero-order valence-corrected chi connectivity index (χ0v) is 18.6. The Balaban J connectivity index is 0.000000180. The molecule has 4 rings (SSSR count). The van der Waals surface area contributed by atoms with E-state index in [1.54, 1.807) is 50.1 Å². The van der Waals surface area contributed by atoms with Crippen molar-refractivity contribution in [2.75, 3.05) is 14.2 Å². The molecule has 0 amide bonds. The van der Waals surface area contributed by atoms with Crippen LogP contribution < -0.4 is 9.47 Å². The Morgan fingerprint density at radius 2 is 1.57 bits per heavy atom. The van der Waals surface area contributed by atoms with Crippen LogP contribution in [0.4, 0.5) is 0 Å². The average Bonchev–Trinajstić information content (AvgIpc) is 3.37. The fraction of sp³-hybridized carbons (Fsp3) is 0.158. The standard InChI is InChI=1S/C10H9NO2S.C8H7NOS.CS2/c1-6(12)7-3-4-8(13-2)9-10(7)14-5-11-9;1-10-6-3-2-4-7-8(6)9-5-11-7;2-1-3/h3-5H,1-2H3;2-5H,1H3;. The average molecular weight is 449 g/mol. The maximum atomic E-state index is 11.3. The van der Waals surface area contributed by atoms with Crippen LogP contribution in [0.2, 0.25) is 0 Å². The van der Waals surface area contributed by atoms with Crippen molar-refractivity contribution in [3.8, 4) is 11.5 Å². The van der Waals surface area contributed by atoms with Crippen LogP contribution >= 0.6 is 47.1 Å². The van der Waals surface area contributed by atoms with Gasteiger partial charge in [0.2, 0.25) is 0 Å². The molecule has 9 heteroatoms. The topological polar surface area (TPSA) is 61.3 Å². The van der Waals surface area contributed by atoms with Gasteiger partial charge in [0.25, 0.3) is 0 Å². The van der Waals surface area contributed by atoms with Gasteiger partial charge in [0.05, 0.1) is 34.6 Å². The van der Waals surface area contributed by atoms with Crippen LogP contribution in [-0.4, -0.2) is 34.3 Å². The zero-order valence-electron chi connectivity index (χ0n) is 15.3. The number of hydrogen-bond donors (Lipinski definition) is 0. The molecule has 0 unspecified atom stereocenters. The van der Waals surface area contributed by atoms with Crippen molar-refractivity contribution < 1.29 is 14.3 Å². The van der Waals surface area contributed by atoms with Gasteiger partial charge >= 0.3 is 0 Å². The van der Waals surface area contributed by atoms with Crippen molar-refractivity contribution in [1.29, 1.82) is 0 Å². The summed E-state index contributed by atoms with van der Waals surface area (Å²) in [4.78, 5) is 19.7. The molecule has 0 saturated heterocycles. The number of aromatic nitrogens is 2. The maximum absolute atomic E-state index is 11.3. The molecule has 0 N–H and O–H groups in total. The molecule has 0 aliphatic heterocycles. The smallest absolute Gasteiger partial charge is 0.161 e. The molecule has 0 fully saturated rings. The lowest BCUT2D eigenvalue weighted by molar-refractivity contribution is 0.101. The van der Waals surface area contributed by atoms with Crippen molar-refractivity contribution in [1.82, 2.24) is 9.97 Å². The van der Waals surface area contributed by atoms with Crippen molar-refractivity contribution in [3.05, 3.63) is 46.9 Å². The van der Waals surface area contributed by atoms with Gasteiger partial charge in [-0.25, -0.2) is 9.97 Å². The van der Waals surface area contributed by atoms with E-state index in [1.807, 2.05) is 28.0 Å². The first-order chi connectivity index (χ1) is 13.6. The minimum absolute atomic E-state index is 0.0573. The van der Waals surface area contributed by atoms with E-state index < -0.39 is 0 Å². The van der Waals surface area contributed by atoms with Crippen molar-refractivity contribution in [2.45, 2.75) is 6.92 Å². The van der Waals surface area contributed by atoms with Gasteiger partial charge in [-0.15, -0.1) is 22.7 Å². The van der Waals surface area contributed by atoms with E-state index in [2.05, 4.69) is 34.4 Å². The summed E-state index contributed by atoms with van der Waals surface area (Å²) >= 11 is 11.0. The predicted molar refractivity (Wildman–Crippen MR) is 123 cm³/mol. The largest absolute Gasteiger partial charge is 0.494 e. The van der Waals surface area contributed by atoms with Gasteiger partial charge in [-0.2, -0.15) is 0 Å². The van der Waals surface area contributed by atoms with Crippen molar-refractivity contribution in [3.63, 3.8) is 0 Å².